The summed E-state index contributed by atoms with van der Waals surface area (Å²) in [6.45, 7) is 5.02. The van der Waals surface area contributed by atoms with Gasteiger partial charge in [-0.1, -0.05) is 6.92 Å². The van der Waals surface area contributed by atoms with Gasteiger partial charge in [0.1, 0.15) is 6.61 Å². The summed E-state index contributed by atoms with van der Waals surface area (Å²) in [5.74, 6) is -0.957. The Morgan fingerprint density at radius 3 is 2.37 bits per heavy atom. The summed E-state index contributed by atoms with van der Waals surface area (Å²) in [5.41, 5.74) is -0.568. The second kappa shape index (κ2) is 8.63. The highest BCUT2D eigenvalue weighted by atomic mass is 32.1. The first kappa shape index (κ1) is 17.6. The van der Waals surface area contributed by atoms with E-state index < -0.39 is 17.5 Å². The molecule has 0 unspecified atom stereocenters. The average molecular weight is 293 g/mol. The average Bonchev–Trinajstić information content (AvgIpc) is 2.38. The molecule has 0 aliphatic heterocycles. The smallest absolute Gasteiger partial charge is 0.421 e. The van der Waals surface area contributed by atoms with Crippen molar-refractivity contribution in [1.82, 2.24) is 5.32 Å². The second-order valence-electron chi connectivity index (χ2n) is 4.34. The summed E-state index contributed by atoms with van der Waals surface area (Å²) < 4.78 is 13.6. The normalized spacial score (nSPS) is 10.5. The van der Waals surface area contributed by atoms with Crippen LogP contribution in [-0.2, 0) is 23.2 Å². The first-order valence-electron chi connectivity index (χ1n) is 5.75. The molecule has 8 heteroatoms. The van der Waals surface area contributed by atoms with Crippen LogP contribution in [0.25, 0.3) is 0 Å². The molecule has 0 radical (unpaired) electrons. The van der Waals surface area contributed by atoms with E-state index in [0.717, 1.165) is 0 Å². The van der Waals surface area contributed by atoms with Crippen molar-refractivity contribution in [3.63, 3.8) is 0 Å². The van der Waals surface area contributed by atoms with E-state index >= 15 is 0 Å². The fourth-order valence-corrected chi connectivity index (χ4v) is 0.911. The van der Waals surface area contributed by atoms with Crippen LogP contribution < -0.4 is 5.32 Å². The van der Waals surface area contributed by atoms with Crippen LogP contribution in [-0.4, -0.2) is 31.4 Å². The van der Waals surface area contributed by atoms with Gasteiger partial charge in [-0.15, -0.1) is 0 Å². The van der Waals surface area contributed by atoms with Crippen molar-refractivity contribution < 1.29 is 28.0 Å². The number of rotatable bonds is 7. The third-order valence-electron chi connectivity index (χ3n) is 2.51. The van der Waals surface area contributed by atoms with Crippen LogP contribution in [0.2, 0.25) is 0 Å². The number of hydrogen-bond donors (Lipinski definition) is 2. The second-order valence-corrected chi connectivity index (χ2v) is 4.52. The molecule has 0 aromatic heterocycles. The molecule has 1 N–H and O–H groups in total. The SMILES string of the molecule is CCC(C)(C)C(=O)OCCC(=O)OCNC(=O)OS. The Labute approximate surface area is 117 Å². The molecular weight excluding hydrogens is 274 g/mol. The molecule has 19 heavy (non-hydrogen) atoms. The Kier molecular flexibility index (Phi) is 7.97. The van der Waals surface area contributed by atoms with Gasteiger partial charge in [-0.05, 0) is 20.3 Å². The van der Waals surface area contributed by atoms with Gasteiger partial charge in [0.25, 0.3) is 0 Å². The zero-order valence-corrected chi connectivity index (χ0v) is 12.1. The number of amides is 1. The number of carbonyl (C=O) groups is 3. The van der Waals surface area contributed by atoms with E-state index in [2.05, 4.69) is 27.1 Å². The van der Waals surface area contributed by atoms with Crippen LogP contribution in [0.4, 0.5) is 4.79 Å². The molecule has 0 aliphatic rings. The van der Waals surface area contributed by atoms with Crippen molar-refractivity contribution in [3.05, 3.63) is 0 Å². The highest BCUT2D eigenvalue weighted by Crippen LogP contribution is 2.21. The summed E-state index contributed by atoms with van der Waals surface area (Å²) >= 11 is 3.25. The maximum Gasteiger partial charge on any atom is 0.421 e. The molecule has 0 atom stereocenters. The Morgan fingerprint density at radius 2 is 1.84 bits per heavy atom. The number of hydrogen-bond acceptors (Lipinski definition) is 7. The summed E-state index contributed by atoms with van der Waals surface area (Å²) in [7, 11) is 0. The molecule has 0 aromatic rings. The Bertz CT molecular complexity index is 331. The zero-order chi connectivity index (χ0) is 14.9. The molecule has 1 amide bonds. The lowest BCUT2D eigenvalue weighted by Gasteiger charge is -2.20. The molecule has 0 bridgehead atoms. The predicted octanol–water partition coefficient (Wildman–Crippen LogP) is 1.43. The van der Waals surface area contributed by atoms with Gasteiger partial charge in [-0.3, -0.25) is 14.9 Å². The topological polar surface area (TPSA) is 90.9 Å². The molecule has 0 heterocycles. The quantitative estimate of drug-likeness (QED) is 0.242. The lowest BCUT2D eigenvalue weighted by molar-refractivity contribution is -0.156. The van der Waals surface area contributed by atoms with Gasteiger partial charge < -0.3 is 13.7 Å². The van der Waals surface area contributed by atoms with Crippen molar-refractivity contribution in [3.8, 4) is 0 Å². The molecule has 0 saturated carbocycles. The van der Waals surface area contributed by atoms with Crippen LogP contribution in [0.5, 0.6) is 0 Å². The number of esters is 2. The Balaban J connectivity index is 3.75. The third-order valence-corrected chi connectivity index (χ3v) is 2.67. The lowest BCUT2D eigenvalue weighted by Crippen LogP contribution is -2.28. The van der Waals surface area contributed by atoms with E-state index in [1.165, 1.54) is 0 Å². The van der Waals surface area contributed by atoms with Crippen LogP contribution in [0.15, 0.2) is 0 Å². The molecule has 0 saturated heterocycles. The highest BCUT2D eigenvalue weighted by Gasteiger charge is 2.27. The molecule has 0 aliphatic carbocycles. The zero-order valence-electron chi connectivity index (χ0n) is 11.2. The van der Waals surface area contributed by atoms with E-state index in [4.69, 9.17) is 4.74 Å². The van der Waals surface area contributed by atoms with E-state index in [9.17, 15) is 14.4 Å². The van der Waals surface area contributed by atoms with Crippen molar-refractivity contribution in [1.29, 1.82) is 0 Å². The van der Waals surface area contributed by atoms with E-state index in [1.807, 2.05) is 6.92 Å². The first-order chi connectivity index (χ1) is 8.83. The molecule has 0 spiro atoms. The molecule has 0 aromatic carbocycles. The molecule has 0 rings (SSSR count). The highest BCUT2D eigenvalue weighted by molar-refractivity contribution is 7.75. The minimum absolute atomic E-state index is 0.0574. The lowest BCUT2D eigenvalue weighted by atomic mass is 9.91. The number of thiol groups is 1. The summed E-state index contributed by atoms with van der Waals surface area (Å²) in [5, 5.41) is 2.11. The van der Waals surface area contributed by atoms with Gasteiger partial charge in [0, 0.05) is 12.9 Å². The first-order valence-corrected chi connectivity index (χ1v) is 6.12. The fraction of sp³-hybridized carbons (Fsp3) is 0.727. The fourth-order valence-electron chi connectivity index (χ4n) is 0.847. The van der Waals surface area contributed by atoms with E-state index in [-0.39, 0.29) is 25.7 Å². The number of ether oxygens (including phenoxy) is 2. The van der Waals surface area contributed by atoms with Crippen molar-refractivity contribution in [2.24, 2.45) is 5.41 Å². The number of nitrogens with one attached hydrogen (secondary N) is 1. The third kappa shape index (κ3) is 7.55. The standard InChI is InChI=1S/C11H19NO6S/c1-4-11(2,3)9(14)16-6-5-8(13)17-7-12-10(15)18-19/h19H,4-7H2,1-3H3,(H,12,15). The van der Waals surface area contributed by atoms with Crippen LogP contribution in [0.3, 0.4) is 0 Å². The summed E-state index contributed by atoms with van der Waals surface area (Å²) in [6, 6.07) is 0. The van der Waals surface area contributed by atoms with Gasteiger partial charge in [-0.25, -0.2) is 4.79 Å². The van der Waals surface area contributed by atoms with Crippen molar-refractivity contribution in [2.75, 3.05) is 13.3 Å². The summed E-state index contributed by atoms with van der Waals surface area (Å²) in [6.07, 6.45) is -0.262. The number of carbonyl (C=O) groups excluding carboxylic acids is 3. The van der Waals surface area contributed by atoms with Crippen molar-refractivity contribution >= 4 is 30.9 Å². The van der Waals surface area contributed by atoms with Gasteiger partial charge in [-0.2, -0.15) is 0 Å². The van der Waals surface area contributed by atoms with Crippen molar-refractivity contribution in [2.45, 2.75) is 33.6 Å². The maximum atomic E-state index is 11.6. The van der Waals surface area contributed by atoms with E-state index in [0.29, 0.717) is 6.42 Å². The van der Waals surface area contributed by atoms with Gasteiger partial charge in [0.2, 0.25) is 0 Å². The maximum absolute atomic E-state index is 11.6. The Morgan fingerprint density at radius 1 is 1.21 bits per heavy atom. The summed E-state index contributed by atoms with van der Waals surface area (Å²) in [4.78, 5) is 33.3. The van der Waals surface area contributed by atoms with Crippen LogP contribution in [0.1, 0.15) is 33.6 Å². The molecule has 7 nitrogen and oxygen atoms in total. The monoisotopic (exact) mass is 293 g/mol. The van der Waals surface area contributed by atoms with Crippen LogP contribution >= 0.6 is 12.9 Å². The Hall–Kier alpha value is -1.44. The molecule has 0 fully saturated rings. The molecular formula is C11H19NO6S. The van der Waals surface area contributed by atoms with Gasteiger partial charge in [0.15, 0.2) is 6.73 Å². The minimum Gasteiger partial charge on any atom is -0.465 e. The van der Waals surface area contributed by atoms with Gasteiger partial charge >= 0.3 is 18.0 Å². The minimum atomic E-state index is -0.827. The van der Waals surface area contributed by atoms with Crippen LogP contribution in [0, 0.1) is 5.41 Å². The predicted molar refractivity (Wildman–Crippen MR) is 69.2 cm³/mol. The largest absolute Gasteiger partial charge is 0.465 e. The molecule has 110 valence electrons. The van der Waals surface area contributed by atoms with Gasteiger partial charge in [0.05, 0.1) is 11.8 Å². The van der Waals surface area contributed by atoms with E-state index in [1.54, 1.807) is 13.8 Å².